The van der Waals surface area contributed by atoms with Gasteiger partial charge in [0, 0.05) is 25.6 Å². The van der Waals surface area contributed by atoms with Crippen LogP contribution in [-0.2, 0) is 26.2 Å². The summed E-state index contributed by atoms with van der Waals surface area (Å²) < 4.78 is 40.4. The number of benzene rings is 2. The number of fused-ring (bicyclic) bond motifs is 1. The van der Waals surface area contributed by atoms with Gasteiger partial charge in [0.25, 0.3) is 0 Å². The summed E-state index contributed by atoms with van der Waals surface area (Å²) in [5.41, 5.74) is 4.24. The molecule has 1 fully saturated rings. The summed E-state index contributed by atoms with van der Waals surface area (Å²) in [5, 5.41) is 13.4. The van der Waals surface area contributed by atoms with Gasteiger partial charge in [-0.3, -0.25) is 9.59 Å². The molecular formula is C30H36N4O7S2. The van der Waals surface area contributed by atoms with Crippen LogP contribution in [0.3, 0.4) is 0 Å². The number of carbonyl (C=O) groups is 2. The van der Waals surface area contributed by atoms with Gasteiger partial charge in [-0.15, -0.1) is 11.3 Å². The Morgan fingerprint density at radius 2 is 1.81 bits per heavy atom. The molecule has 5 rings (SSSR count). The predicted molar refractivity (Wildman–Crippen MR) is 161 cm³/mol. The van der Waals surface area contributed by atoms with E-state index < -0.39 is 45.4 Å². The van der Waals surface area contributed by atoms with E-state index in [2.05, 4.69) is 15.0 Å². The molecule has 43 heavy (non-hydrogen) atoms. The number of hydrogen-bond donors (Lipinski definition) is 3. The molecule has 230 valence electrons. The van der Waals surface area contributed by atoms with Gasteiger partial charge in [-0.05, 0) is 42.0 Å². The second-order valence-corrected chi connectivity index (χ2v) is 14.5. The van der Waals surface area contributed by atoms with Crippen molar-refractivity contribution >= 4 is 33.2 Å². The molecule has 2 aromatic carbocycles. The first kappa shape index (κ1) is 30.9. The summed E-state index contributed by atoms with van der Waals surface area (Å²) in [4.78, 5) is 33.9. The lowest BCUT2D eigenvalue weighted by atomic mass is 9.86. The van der Waals surface area contributed by atoms with Gasteiger partial charge in [-0.1, -0.05) is 45.0 Å². The lowest BCUT2D eigenvalue weighted by Gasteiger charge is -2.35. The fraction of sp³-hybridized carbons (Fsp3) is 0.433. The number of nitrogens with zero attached hydrogens (tertiary/aromatic N) is 2. The zero-order valence-corrected chi connectivity index (χ0v) is 26.3. The SMILES string of the molecule is Cc1cc2c(cc1S(=O)(=O)N[C@H](C(=O)N1C[C@H](O)C[C@H]1C(=O)NCc1ccc(-c3scnc3C)cc1)C(C)(C)C)OCO2. The van der Waals surface area contributed by atoms with Crippen molar-refractivity contribution in [3.8, 4) is 21.9 Å². The average molecular weight is 629 g/mol. The van der Waals surface area contributed by atoms with E-state index in [1.165, 1.54) is 11.0 Å². The second-order valence-electron chi connectivity index (χ2n) is 12.0. The molecule has 1 saturated heterocycles. The number of ether oxygens (including phenoxy) is 2. The first-order valence-electron chi connectivity index (χ1n) is 13.9. The third-order valence-electron chi connectivity index (χ3n) is 7.64. The van der Waals surface area contributed by atoms with Crippen molar-refractivity contribution in [3.05, 3.63) is 58.7 Å². The van der Waals surface area contributed by atoms with Crippen LogP contribution in [0.4, 0.5) is 0 Å². The van der Waals surface area contributed by atoms with Crippen LogP contribution in [0.15, 0.2) is 46.8 Å². The van der Waals surface area contributed by atoms with Crippen molar-refractivity contribution in [3.63, 3.8) is 0 Å². The Bertz CT molecular complexity index is 1630. The van der Waals surface area contributed by atoms with Crippen LogP contribution < -0.4 is 19.5 Å². The summed E-state index contributed by atoms with van der Waals surface area (Å²) in [6, 6.07) is 8.57. The third-order valence-corrected chi connectivity index (χ3v) is 10.2. The lowest BCUT2D eigenvalue weighted by Crippen LogP contribution is -2.57. The first-order chi connectivity index (χ1) is 20.2. The van der Waals surface area contributed by atoms with E-state index >= 15 is 0 Å². The Morgan fingerprint density at radius 1 is 1.14 bits per heavy atom. The van der Waals surface area contributed by atoms with Crippen molar-refractivity contribution < 1.29 is 32.6 Å². The number of aliphatic hydroxyl groups is 1. The fourth-order valence-electron chi connectivity index (χ4n) is 5.26. The van der Waals surface area contributed by atoms with Crippen molar-refractivity contribution in [1.29, 1.82) is 0 Å². The largest absolute Gasteiger partial charge is 0.454 e. The molecule has 2 aliphatic rings. The predicted octanol–water partition coefficient (Wildman–Crippen LogP) is 3.13. The Morgan fingerprint density at radius 3 is 2.44 bits per heavy atom. The molecule has 0 spiro atoms. The van der Waals surface area contributed by atoms with E-state index in [0.29, 0.717) is 17.1 Å². The van der Waals surface area contributed by atoms with E-state index in [-0.39, 0.29) is 31.2 Å². The van der Waals surface area contributed by atoms with Crippen LogP contribution in [0, 0.1) is 19.3 Å². The van der Waals surface area contributed by atoms with Crippen molar-refractivity contribution in [2.75, 3.05) is 13.3 Å². The molecule has 3 heterocycles. The minimum Gasteiger partial charge on any atom is -0.454 e. The number of β-amino-alcohol motifs (C(OH)–C–C–N with tert-alkyl or cyclic N) is 1. The van der Waals surface area contributed by atoms with E-state index in [1.54, 1.807) is 50.6 Å². The van der Waals surface area contributed by atoms with Gasteiger partial charge in [0.2, 0.25) is 28.6 Å². The van der Waals surface area contributed by atoms with E-state index in [0.717, 1.165) is 21.7 Å². The highest BCUT2D eigenvalue weighted by Crippen LogP contribution is 2.37. The third kappa shape index (κ3) is 6.54. The molecule has 0 saturated carbocycles. The van der Waals surface area contributed by atoms with Crippen molar-refractivity contribution in [1.82, 2.24) is 19.9 Å². The maximum Gasteiger partial charge on any atom is 0.243 e. The molecule has 2 amide bonds. The molecule has 3 N–H and O–H groups in total. The molecule has 0 aliphatic carbocycles. The van der Waals surface area contributed by atoms with Gasteiger partial charge >= 0.3 is 0 Å². The van der Waals surface area contributed by atoms with Crippen LogP contribution >= 0.6 is 11.3 Å². The molecule has 0 unspecified atom stereocenters. The Kier molecular flexibility index (Phi) is 8.54. The topological polar surface area (TPSA) is 147 Å². The molecule has 11 nitrogen and oxygen atoms in total. The molecule has 2 aliphatic heterocycles. The Hall–Kier alpha value is -3.52. The molecule has 0 radical (unpaired) electrons. The van der Waals surface area contributed by atoms with E-state index in [1.807, 2.05) is 31.2 Å². The number of likely N-dealkylation sites (tertiary alicyclic amines) is 1. The molecule has 3 atom stereocenters. The molecule has 3 aromatic rings. The maximum atomic E-state index is 13.9. The van der Waals surface area contributed by atoms with Crippen LogP contribution in [0.25, 0.3) is 10.4 Å². The van der Waals surface area contributed by atoms with Gasteiger partial charge in [0.05, 0.1) is 27.1 Å². The van der Waals surface area contributed by atoms with Crippen molar-refractivity contribution in [2.24, 2.45) is 5.41 Å². The maximum absolute atomic E-state index is 13.9. The van der Waals surface area contributed by atoms with Gasteiger partial charge in [-0.2, -0.15) is 4.72 Å². The molecule has 1 aromatic heterocycles. The number of aliphatic hydroxyl groups excluding tert-OH is 1. The lowest BCUT2D eigenvalue weighted by molar-refractivity contribution is -0.141. The smallest absolute Gasteiger partial charge is 0.243 e. The zero-order chi connectivity index (χ0) is 31.1. The number of hydrogen-bond acceptors (Lipinski definition) is 9. The summed E-state index contributed by atoms with van der Waals surface area (Å²) in [6.07, 6.45) is -0.874. The fourth-order valence-corrected chi connectivity index (χ4v) is 7.71. The van der Waals surface area contributed by atoms with Gasteiger partial charge in [-0.25, -0.2) is 13.4 Å². The zero-order valence-electron chi connectivity index (χ0n) is 24.7. The Labute approximate surface area is 255 Å². The quantitative estimate of drug-likeness (QED) is 0.345. The first-order valence-corrected chi connectivity index (χ1v) is 16.3. The highest BCUT2D eigenvalue weighted by molar-refractivity contribution is 7.89. The highest BCUT2D eigenvalue weighted by Gasteiger charge is 2.45. The highest BCUT2D eigenvalue weighted by atomic mass is 32.2. The second kappa shape index (κ2) is 11.9. The average Bonchev–Trinajstić information content (AvgIpc) is 3.68. The summed E-state index contributed by atoms with van der Waals surface area (Å²) in [6.45, 7) is 8.95. The minimum absolute atomic E-state index is 0.00653. The number of sulfonamides is 1. The standard InChI is InChI=1S/C30H36N4O7S2/c1-17-10-23-24(41-16-40-23)12-25(17)43(38,39)33-27(30(3,4)5)29(37)34-14-21(35)11-22(34)28(36)31-13-19-6-8-20(9-7-19)26-18(2)32-15-42-26/h6-10,12,15,21-22,27,33,35H,11,13-14,16H2,1-5H3,(H,31,36)/t21-,22+,27-/m1/s1. The number of rotatable bonds is 8. The van der Waals surface area contributed by atoms with Crippen LogP contribution in [0.2, 0.25) is 0 Å². The van der Waals surface area contributed by atoms with E-state index in [9.17, 15) is 23.1 Å². The molecule has 0 bridgehead atoms. The van der Waals surface area contributed by atoms with E-state index in [4.69, 9.17) is 9.47 Å². The van der Waals surface area contributed by atoms with Gasteiger partial charge in [0.1, 0.15) is 12.1 Å². The Balaban J connectivity index is 1.30. The summed E-state index contributed by atoms with van der Waals surface area (Å²) in [5.74, 6) is -0.257. The molecular weight excluding hydrogens is 592 g/mol. The minimum atomic E-state index is -4.19. The monoisotopic (exact) mass is 628 g/mol. The number of amides is 2. The number of thiazole rings is 1. The van der Waals surface area contributed by atoms with Crippen LogP contribution in [-0.4, -0.2) is 66.7 Å². The number of nitrogens with one attached hydrogen (secondary N) is 2. The summed E-state index contributed by atoms with van der Waals surface area (Å²) in [7, 11) is -4.19. The molecule has 13 heteroatoms. The van der Waals surface area contributed by atoms with Crippen molar-refractivity contribution in [2.45, 2.75) is 70.7 Å². The number of aromatic nitrogens is 1. The number of aryl methyl sites for hydroxylation is 2. The summed E-state index contributed by atoms with van der Waals surface area (Å²) >= 11 is 1.56. The number of carbonyl (C=O) groups excluding carboxylic acids is 2. The normalized spacial score (nSPS) is 19.0. The van der Waals surface area contributed by atoms with Gasteiger partial charge < -0.3 is 24.8 Å². The van der Waals surface area contributed by atoms with Crippen LogP contribution in [0.5, 0.6) is 11.5 Å². The van der Waals surface area contributed by atoms with Gasteiger partial charge in [0.15, 0.2) is 11.5 Å². The van der Waals surface area contributed by atoms with Crippen LogP contribution in [0.1, 0.15) is 44.0 Å².